The first-order chi connectivity index (χ1) is 11.5. The molecule has 24 heavy (non-hydrogen) atoms. The third kappa shape index (κ3) is 3.55. The minimum Gasteiger partial charge on any atom is -0.496 e. The van der Waals surface area contributed by atoms with E-state index in [0.29, 0.717) is 17.0 Å². The molecule has 0 fully saturated rings. The number of nitrogens with two attached hydrogens (primary N) is 1. The molecule has 0 aliphatic heterocycles. The Morgan fingerprint density at radius 3 is 2.71 bits per heavy atom. The summed E-state index contributed by atoms with van der Waals surface area (Å²) in [4.78, 5) is 14.9. The standard InChI is InChI=1S/C18H19N3O3/c1-11(17(18(22)23)20-10-19)12(2)21-14-8-13-6-4-5-7-15(13)16(9-14)24-3/h4-10,21H,2H2,1,3H3,(H2,19,20)(H,22,23)/b17-11-. The Labute approximate surface area is 140 Å². The Hall–Kier alpha value is -3.28. The minimum absolute atomic E-state index is 0.164. The molecule has 0 unspecified atom stereocenters. The van der Waals surface area contributed by atoms with Crippen LogP contribution in [0.5, 0.6) is 5.75 Å². The fourth-order valence-electron chi connectivity index (χ4n) is 2.31. The van der Waals surface area contributed by atoms with Gasteiger partial charge in [-0.1, -0.05) is 30.8 Å². The van der Waals surface area contributed by atoms with Crippen molar-refractivity contribution in [2.75, 3.05) is 12.4 Å². The smallest absolute Gasteiger partial charge is 0.354 e. The average Bonchev–Trinajstić information content (AvgIpc) is 2.57. The van der Waals surface area contributed by atoms with Crippen LogP contribution in [-0.4, -0.2) is 24.5 Å². The van der Waals surface area contributed by atoms with Gasteiger partial charge in [0.25, 0.3) is 0 Å². The van der Waals surface area contributed by atoms with Crippen molar-refractivity contribution in [3.63, 3.8) is 0 Å². The van der Waals surface area contributed by atoms with Crippen LogP contribution in [0, 0.1) is 0 Å². The molecule has 0 saturated heterocycles. The second-order valence-electron chi connectivity index (χ2n) is 5.06. The number of nitrogens with one attached hydrogen (secondary N) is 1. The van der Waals surface area contributed by atoms with Gasteiger partial charge in [0.05, 0.1) is 13.4 Å². The van der Waals surface area contributed by atoms with Crippen molar-refractivity contribution < 1.29 is 14.6 Å². The van der Waals surface area contributed by atoms with E-state index >= 15 is 0 Å². The lowest BCUT2D eigenvalue weighted by molar-refractivity contribution is -0.132. The minimum atomic E-state index is -1.17. The number of nitrogens with zero attached hydrogens (tertiary/aromatic N) is 1. The van der Waals surface area contributed by atoms with Crippen molar-refractivity contribution in [1.82, 2.24) is 0 Å². The van der Waals surface area contributed by atoms with E-state index in [1.54, 1.807) is 14.0 Å². The van der Waals surface area contributed by atoms with Crippen LogP contribution in [0.2, 0.25) is 0 Å². The van der Waals surface area contributed by atoms with Gasteiger partial charge in [0.2, 0.25) is 0 Å². The number of hydrogen-bond acceptors (Lipinski definition) is 4. The molecule has 2 aromatic carbocycles. The number of aliphatic carboxylic acids is 1. The van der Waals surface area contributed by atoms with Gasteiger partial charge >= 0.3 is 5.97 Å². The van der Waals surface area contributed by atoms with E-state index in [2.05, 4.69) is 16.9 Å². The van der Waals surface area contributed by atoms with Crippen molar-refractivity contribution in [3.05, 3.63) is 59.9 Å². The summed E-state index contributed by atoms with van der Waals surface area (Å²) in [5.74, 6) is -0.461. The van der Waals surface area contributed by atoms with Crippen LogP contribution in [-0.2, 0) is 4.79 Å². The summed E-state index contributed by atoms with van der Waals surface area (Å²) < 4.78 is 5.42. The maximum absolute atomic E-state index is 11.2. The highest BCUT2D eigenvalue weighted by Crippen LogP contribution is 2.31. The number of ether oxygens (including phenoxy) is 1. The first kappa shape index (κ1) is 17.1. The number of carboxylic acid groups (broad SMARTS) is 1. The van der Waals surface area contributed by atoms with Gasteiger partial charge in [0, 0.05) is 28.4 Å². The molecule has 2 aromatic rings. The number of hydrogen-bond donors (Lipinski definition) is 3. The lowest BCUT2D eigenvalue weighted by Gasteiger charge is -2.14. The number of carbonyl (C=O) groups is 1. The van der Waals surface area contributed by atoms with E-state index in [9.17, 15) is 9.90 Å². The van der Waals surface area contributed by atoms with Gasteiger partial charge in [-0.05, 0) is 18.4 Å². The molecule has 2 rings (SSSR count). The molecule has 0 aliphatic rings. The molecule has 0 aromatic heterocycles. The summed E-state index contributed by atoms with van der Waals surface area (Å²) in [5, 5.41) is 14.3. The molecule has 0 atom stereocenters. The van der Waals surface area contributed by atoms with E-state index < -0.39 is 5.97 Å². The van der Waals surface area contributed by atoms with Crippen LogP contribution in [0.4, 0.5) is 5.69 Å². The van der Waals surface area contributed by atoms with E-state index in [4.69, 9.17) is 10.5 Å². The highest BCUT2D eigenvalue weighted by molar-refractivity contribution is 5.92. The zero-order valence-electron chi connectivity index (χ0n) is 13.5. The van der Waals surface area contributed by atoms with Gasteiger partial charge in [-0.25, -0.2) is 9.79 Å². The van der Waals surface area contributed by atoms with E-state index in [1.807, 2.05) is 36.4 Å². The maximum atomic E-state index is 11.2. The molecule has 0 saturated carbocycles. The van der Waals surface area contributed by atoms with Crippen LogP contribution >= 0.6 is 0 Å². The van der Waals surface area contributed by atoms with Crippen LogP contribution in [0.3, 0.4) is 0 Å². The fraction of sp³-hybridized carbons (Fsp3) is 0.111. The number of rotatable bonds is 6. The predicted octanol–water partition coefficient (Wildman–Crippen LogP) is 3.12. The maximum Gasteiger partial charge on any atom is 0.354 e. The number of fused-ring (bicyclic) bond motifs is 1. The number of methoxy groups -OCH3 is 1. The van der Waals surface area contributed by atoms with Gasteiger partial charge in [-0.2, -0.15) is 0 Å². The summed E-state index contributed by atoms with van der Waals surface area (Å²) in [7, 11) is 1.60. The number of anilines is 1. The first-order valence-electron chi connectivity index (χ1n) is 7.19. The average molecular weight is 325 g/mol. The van der Waals surface area contributed by atoms with Crippen LogP contribution in [0.1, 0.15) is 6.92 Å². The summed E-state index contributed by atoms with van der Waals surface area (Å²) in [6, 6.07) is 11.6. The van der Waals surface area contributed by atoms with Gasteiger partial charge < -0.3 is 20.9 Å². The SMILES string of the molecule is C=C(Nc1cc(OC)c2ccccc2c1)/C(C)=C(\N=C/N)C(=O)O. The van der Waals surface area contributed by atoms with Crippen molar-refractivity contribution in [2.24, 2.45) is 10.7 Å². The Bertz CT molecular complexity index is 854. The summed E-state index contributed by atoms with van der Waals surface area (Å²) in [6.45, 7) is 5.50. The molecule has 4 N–H and O–H groups in total. The number of benzene rings is 2. The lowest BCUT2D eigenvalue weighted by Crippen LogP contribution is -2.08. The molecule has 6 heteroatoms. The van der Waals surface area contributed by atoms with E-state index in [-0.39, 0.29) is 5.70 Å². The Balaban J connectivity index is 2.40. The van der Waals surface area contributed by atoms with Crippen LogP contribution in [0.25, 0.3) is 10.8 Å². The highest BCUT2D eigenvalue weighted by atomic mass is 16.5. The molecule has 124 valence electrons. The third-order valence-corrected chi connectivity index (χ3v) is 3.55. The topological polar surface area (TPSA) is 96.9 Å². The van der Waals surface area contributed by atoms with Crippen molar-refractivity contribution in [2.45, 2.75) is 6.92 Å². The molecule has 6 nitrogen and oxygen atoms in total. The van der Waals surface area contributed by atoms with E-state index in [1.165, 1.54) is 0 Å². The molecular weight excluding hydrogens is 306 g/mol. The molecular formula is C18H19N3O3. The molecule has 0 heterocycles. The molecule has 0 aliphatic carbocycles. The Kier molecular flexibility index (Phi) is 5.21. The second kappa shape index (κ2) is 7.32. The quantitative estimate of drug-likeness (QED) is 0.328. The van der Waals surface area contributed by atoms with Crippen LogP contribution < -0.4 is 15.8 Å². The normalized spacial score (nSPS) is 12.1. The molecule has 0 radical (unpaired) electrons. The lowest BCUT2D eigenvalue weighted by atomic mass is 10.1. The monoisotopic (exact) mass is 325 g/mol. The summed E-state index contributed by atoms with van der Waals surface area (Å²) >= 11 is 0. The molecule has 0 amide bonds. The first-order valence-corrected chi connectivity index (χ1v) is 7.19. The zero-order chi connectivity index (χ0) is 17.7. The van der Waals surface area contributed by atoms with Crippen LogP contribution in [0.15, 0.2) is 64.9 Å². The largest absolute Gasteiger partial charge is 0.496 e. The van der Waals surface area contributed by atoms with Gasteiger partial charge in [-0.3, -0.25) is 0 Å². The van der Waals surface area contributed by atoms with Gasteiger partial charge in [0.15, 0.2) is 5.70 Å². The van der Waals surface area contributed by atoms with Crippen molar-refractivity contribution in [1.29, 1.82) is 0 Å². The van der Waals surface area contributed by atoms with Crippen molar-refractivity contribution >= 4 is 28.8 Å². The third-order valence-electron chi connectivity index (χ3n) is 3.55. The summed E-state index contributed by atoms with van der Waals surface area (Å²) in [6.07, 6.45) is 0.944. The van der Waals surface area contributed by atoms with Gasteiger partial charge in [-0.15, -0.1) is 0 Å². The number of carboxylic acids is 1. The second-order valence-corrected chi connectivity index (χ2v) is 5.06. The van der Waals surface area contributed by atoms with Crippen molar-refractivity contribution in [3.8, 4) is 5.75 Å². The molecule has 0 bridgehead atoms. The predicted molar refractivity (Wildman–Crippen MR) is 96.3 cm³/mol. The number of allylic oxidation sites excluding steroid dienone is 1. The highest BCUT2D eigenvalue weighted by Gasteiger charge is 2.13. The Morgan fingerprint density at radius 1 is 1.38 bits per heavy atom. The molecule has 0 spiro atoms. The number of aliphatic imine (C=N–C) groups is 1. The fourth-order valence-corrected chi connectivity index (χ4v) is 2.31. The Morgan fingerprint density at radius 2 is 2.08 bits per heavy atom. The van der Waals surface area contributed by atoms with E-state index in [0.717, 1.165) is 22.8 Å². The zero-order valence-corrected chi connectivity index (χ0v) is 13.5. The van der Waals surface area contributed by atoms with Gasteiger partial charge in [0.1, 0.15) is 5.75 Å². The summed E-state index contributed by atoms with van der Waals surface area (Å²) in [5.41, 5.74) is 6.57.